The van der Waals surface area contributed by atoms with Gasteiger partial charge in [0.15, 0.2) is 11.5 Å². The summed E-state index contributed by atoms with van der Waals surface area (Å²) in [7, 11) is 0. The van der Waals surface area contributed by atoms with Crippen LogP contribution in [0.4, 0.5) is 0 Å². The topological polar surface area (TPSA) is 80.3 Å². The van der Waals surface area contributed by atoms with Crippen molar-refractivity contribution in [2.45, 2.75) is 0 Å². The largest absolute Gasteiger partial charge is 0.240 e. The Morgan fingerprint density at radius 3 is 2.76 bits per heavy atom. The van der Waals surface area contributed by atoms with Gasteiger partial charge in [-0.2, -0.15) is 9.94 Å². The Kier molecular flexibility index (Phi) is 2.02. The molecule has 0 fully saturated rings. The molecule has 6 heteroatoms. The number of nitrogens with zero attached hydrogens (tertiary/aromatic N) is 6. The number of benzene rings is 1. The number of fused-ring (bicyclic) bond motifs is 1. The summed E-state index contributed by atoms with van der Waals surface area (Å²) in [6, 6.07) is 9.48. The Balaban J connectivity index is 2.17. The maximum absolute atomic E-state index is 8.64. The van der Waals surface area contributed by atoms with Crippen LogP contribution in [0.3, 0.4) is 0 Å². The Morgan fingerprint density at radius 2 is 2.00 bits per heavy atom. The highest BCUT2D eigenvalue weighted by Gasteiger charge is 2.06. The summed E-state index contributed by atoms with van der Waals surface area (Å²) in [6.07, 6.45) is 2.91. The Hall–Kier alpha value is -2.81. The van der Waals surface area contributed by atoms with Crippen LogP contribution < -0.4 is 0 Å². The fourth-order valence-corrected chi connectivity index (χ4v) is 1.53. The molecule has 0 amide bonds. The summed E-state index contributed by atoms with van der Waals surface area (Å²) in [5.41, 5.74) is 1.92. The van der Waals surface area contributed by atoms with Gasteiger partial charge in [0.2, 0.25) is 0 Å². The molecular weight excluding hydrogens is 216 g/mol. The van der Waals surface area contributed by atoms with E-state index in [0.29, 0.717) is 5.82 Å². The molecule has 0 saturated heterocycles. The first-order valence-corrected chi connectivity index (χ1v) is 4.91. The number of nitriles is 1. The van der Waals surface area contributed by atoms with Crippen molar-refractivity contribution in [3.05, 3.63) is 42.4 Å². The highest BCUT2D eigenvalue weighted by molar-refractivity contribution is 5.75. The van der Waals surface area contributed by atoms with E-state index in [-0.39, 0.29) is 5.69 Å². The average Bonchev–Trinajstić information content (AvgIpc) is 2.83. The quantitative estimate of drug-likeness (QED) is 0.615. The first-order valence-electron chi connectivity index (χ1n) is 4.91. The van der Waals surface area contributed by atoms with E-state index >= 15 is 0 Å². The fourth-order valence-electron chi connectivity index (χ4n) is 1.53. The summed E-state index contributed by atoms with van der Waals surface area (Å²) >= 11 is 0. The molecule has 0 atom stereocenters. The third-order valence-corrected chi connectivity index (χ3v) is 2.32. The molecule has 3 rings (SSSR count). The fraction of sp³-hybridized carbons (Fsp3) is 0. The molecule has 0 aliphatic rings. The molecule has 2 aromatic heterocycles. The molecular formula is C11H6N6. The highest BCUT2D eigenvalue weighted by Crippen LogP contribution is 2.13. The van der Waals surface area contributed by atoms with Gasteiger partial charge in [-0.15, -0.1) is 5.10 Å². The van der Waals surface area contributed by atoms with E-state index in [2.05, 4.69) is 20.3 Å². The minimum absolute atomic E-state index is 0.276. The van der Waals surface area contributed by atoms with Crippen LogP contribution in [0.25, 0.3) is 16.9 Å². The predicted molar refractivity (Wildman–Crippen MR) is 59.2 cm³/mol. The smallest absolute Gasteiger partial charge is 0.174 e. The van der Waals surface area contributed by atoms with Crippen molar-refractivity contribution in [3.63, 3.8) is 0 Å². The molecule has 2 heterocycles. The molecule has 0 saturated carbocycles. The molecule has 0 bridgehead atoms. The lowest BCUT2D eigenvalue weighted by atomic mass is 10.3. The van der Waals surface area contributed by atoms with Gasteiger partial charge in [-0.3, -0.25) is 0 Å². The Bertz CT molecular complexity index is 707. The van der Waals surface area contributed by atoms with Crippen molar-refractivity contribution in [2.24, 2.45) is 0 Å². The minimum atomic E-state index is 0.276. The lowest BCUT2D eigenvalue weighted by Gasteiger charge is -1.99. The van der Waals surface area contributed by atoms with Crippen LogP contribution >= 0.6 is 0 Å². The first-order chi connectivity index (χ1) is 8.38. The molecule has 0 unspecified atom stereocenters. The average molecular weight is 222 g/mol. The minimum Gasteiger partial charge on any atom is -0.240 e. The van der Waals surface area contributed by atoms with Crippen LogP contribution in [0.5, 0.6) is 0 Å². The number of rotatable bonds is 1. The Morgan fingerprint density at radius 1 is 1.12 bits per heavy atom. The van der Waals surface area contributed by atoms with Crippen LogP contribution in [0.1, 0.15) is 5.69 Å². The van der Waals surface area contributed by atoms with Crippen molar-refractivity contribution in [2.75, 3.05) is 0 Å². The zero-order chi connectivity index (χ0) is 11.7. The van der Waals surface area contributed by atoms with Gasteiger partial charge in [-0.25, -0.2) is 9.97 Å². The molecule has 0 spiro atoms. The summed E-state index contributed by atoms with van der Waals surface area (Å²) in [6.45, 7) is 0. The van der Waals surface area contributed by atoms with Gasteiger partial charge in [-0.1, -0.05) is 17.3 Å². The lowest BCUT2D eigenvalue weighted by Crippen LogP contribution is -2.01. The van der Waals surface area contributed by atoms with Crippen molar-refractivity contribution in [1.82, 2.24) is 25.0 Å². The van der Waals surface area contributed by atoms with Gasteiger partial charge < -0.3 is 0 Å². The third kappa shape index (κ3) is 1.50. The first kappa shape index (κ1) is 9.42. The van der Waals surface area contributed by atoms with Crippen LogP contribution in [0, 0.1) is 11.3 Å². The summed E-state index contributed by atoms with van der Waals surface area (Å²) < 4.78 is 1.59. The molecule has 0 radical (unpaired) electrons. The van der Waals surface area contributed by atoms with E-state index in [1.807, 2.05) is 30.3 Å². The van der Waals surface area contributed by atoms with Gasteiger partial charge in [0.05, 0.1) is 17.9 Å². The second kappa shape index (κ2) is 3.64. The second-order valence-corrected chi connectivity index (χ2v) is 3.36. The maximum atomic E-state index is 8.64. The summed E-state index contributed by atoms with van der Waals surface area (Å²) in [5.74, 6) is 0.540. The molecule has 6 nitrogen and oxygen atoms in total. The third-order valence-electron chi connectivity index (χ3n) is 2.32. The Labute approximate surface area is 96.2 Å². The second-order valence-electron chi connectivity index (χ2n) is 3.36. The van der Waals surface area contributed by atoms with Gasteiger partial charge >= 0.3 is 0 Å². The molecule has 3 aromatic rings. The SMILES string of the molecule is N#Cc1cnc(-n2nnc3ccccc32)cn1. The molecule has 17 heavy (non-hydrogen) atoms. The van der Waals surface area contributed by atoms with Gasteiger partial charge in [0, 0.05) is 0 Å². The molecule has 0 aliphatic carbocycles. The van der Waals surface area contributed by atoms with E-state index in [0.717, 1.165) is 11.0 Å². The van der Waals surface area contributed by atoms with Gasteiger partial charge in [-0.05, 0) is 12.1 Å². The lowest BCUT2D eigenvalue weighted by molar-refractivity contribution is 0.794. The van der Waals surface area contributed by atoms with Gasteiger partial charge in [0.1, 0.15) is 11.6 Å². The van der Waals surface area contributed by atoms with E-state index in [9.17, 15) is 0 Å². The summed E-state index contributed by atoms with van der Waals surface area (Å²) in [5, 5.41) is 16.7. The normalized spacial score (nSPS) is 10.3. The highest BCUT2D eigenvalue weighted by atomic mass is 15.4. The predicted octanol–water partition coefficient (Wildman–Crippen LogP) is 1.08. The number of hydrogen-bond acceptors (Lipinski definition) is 5. The van der Waals surface area contributed by atoms with E-state index in [1.165, 1.54) is 12.4 Å². The van der Waals surface area contributed by atoms with Crippen molar-refractivity contribution in [3.8, 4) is 11.9 Å². The van der Waals surface area contributed by atoms with Crippen LogP contribution in [-0.4, -0.2) is 25.0 Å². The molecule has 0 aliphatic heterocycles. The van der Waals surface area contributed by atoms with E-state index < -0.39 is 0 Å². The maximum Gasteiger partial charge on any atom is 0.174 e. The van der Waals surface area contributed by atoms with Crippen LogP contribution in [0.15, 0.2) is 36.7 Å². The zero-order valence-corrected chi connectivity index (χ0v) is 8.65. The zero-order valence-electron chi connectivity index (χ0n) is 8.65. The van der Waals surface area contributed by atoms with E-state index in [4.69, 9.17) is 5.26 Å². The van der Waals surface area contributed by atoms with Crippen molar-refractivity contribution < 1.29 is 0 Å². The molecule has 1 aromatic carbocycles. The molecule has 0 N–H and O–H groups in total. The standard InChI is InChI=1S/C11H6N6/c12-5-8-6-14-11(7-13-8)17-10-4-2-1-3-9(10)15-16-17/h1-4,6-7H. The van der Waals surface area contributed by atoms with Crippen molar-refractivity contribution in [1.29, 1.82) is 5.26 Å². The van der Waals surface area contributed by atoms with Crippen molar-refractivity contribution >= 4 is 11.0 Å². The monoisotopic (exact) mass is 222 g/mol. The molecule has 80 valence electrons. The number of aromatic nitrogens is 5. The van der Waals surface area contributed by atoms with Crippen LogP contribution in [-0.2, 0) is 0 Å². The number of para-hydroxylation sites is 1. The van der Waals surface area contributed by atoms with Crippen LogP contribution in [0.2, 0.25) is 0 Å². The number of hydrogen-bond donors (Lipinski definition) is 0. The van der Waals surface area contributed by atoms with Gasteiger partial charge in [0.25, 0.3) is 0 Å². The summed E-state index contributed by atoms with van der Waals surface area (Å²) in [4.78, 5) is 8.07. The van der Waals surface area contributed by atoms with E-state index in [1.54, 1.807) is 4.68 Å².